The zero-order chi connectivity index (χ0) is 28.0. The molecular weight excluding hydrogens is 510 g/mol. The predicted octanol–water partition coefficient (Wildman–Crippen LogP) is 4.71. The molecule has 11 nitrogen and oxygen atoms in total. The lowest BCUT2D eigenvalue weighted by molar-refractivity contribution is -0.114. The summed E-state index contributed by atoms with van der Waals surface area (Å²) in [6, 6.07) is 10.8. The van der Waals surface area contributed by atoms with Crippen LogP contribution in [0.15, 0.2) is 47.4 Å². The molecule has 11 heteroatoms. The van der Waals surface area contributed by atoms with Crippen LogP contribution in [0, 0.1) is 5.92 Å². The number of imidazole rings is 1. The van der Waals surface area contributed by atoms with Crippen LogP contribution >= 0.6 is 0 Å². The Morgan fingerprint density at radius 2 is 1.98 bits per heavy atom. The molecule has 1 atom stereocenters. The first-order valence-electron chi connectivity index (χ1n) is 13.5. The van der Waals surface area contributed by atoms with Crippen LogP contribution in [0.4, 0.5) is 17.5 Å². The molecule has 4 heterocycles. The number of pyridine rings is 1. The number of ether oxygens (including phenoxy) is 2. The van der Waals surface area contributed by atoms with Crippen LogP contribution in [-0.2, 0) is 23.1 Å². The van der Waals surface area contributed by atoms with E-state index in [9.17, 15) is 9.59 Å². The topological polar surface area (TPSA) is 125 Å². The second-order valence-corrected chi connectivity index (χ2v) is 11.3. The van der Waals surface area contributed by atoms with E-state index < -0.39 is 0 Å². The quantitative estimate of drug-likeness (QED) is 0.327. The minimum Gasteiger partial charge on any atom is -0.457 e. The lowest BCUT2D eigenvalue weighted by atomic mass is 9.98. The number of hydrogen-bond donors (Lipinski definition) is 2. The number of carbonyl (C=O) groups is 1. The third kappa shape index (κ3) is 5.55. The summed E-state index contributed by atoms with van der Waals surface area (Å²) in [5.41, 5.74) is 2.65. The Morgan fingerprint density at radius 3 is 2.70 bits per heavy atom. The fourth-order valence-corrected chi connectivity index (χ4v) is 5.20. The zero-order valence-corrected chi connectivity index (χ0v) is 23.1. The molecule has 1 saturated carbocycles. The van der Waals surface area contributed by atoms with Crippen molar-refractivity contribution in [3.05, 3.63) is 58.6 Å². The van der Waals surface area contributed by atoms with Gasteiger partial charge in [0.05, 0.1) is 35.5 Å². The van der Waals surface area contributed by atoms with E-state index in [0.717, 1.165) is 36.0 Å². The van der Waals surface area contributed by atoms with E-state index in [-0.39, 0.29) is 23.0 Å². The number of nitrogens with one attached hydrogen (secondary N) is 2. The van der Waals surface area contributed by atoms with Gasteiger partial charge in [0, 0.05) is 44.1 Å². The summed E-state index contributed by atoms with van der Waals surface area (Å²) in [5.74, 6) is 2.53. The van der Waals surface area contributed by atoms with Gasteiger partial charge in [-0.3, -0.25) is 9.59 Å². The number of benzene rings is 1. The molecule has 2 aliphatic rings. The highest BCUT2D eigenvalue weighted by atomic mass is 16.5. The summed E-state index contributed by atoms with van der Waals surface area (Å²) in [6.07, 6.45) is 4.64. The number of aryl methyl sites for hydroxylation is 1. The van der Waals surface area contributed by atoms with Gasteiger partial charge in [-0.2, -0.15) is 5.10 Å². The van der Waals surface area contributed by atoms with Crippen LogP contribution < -0.4 is 20.9 Å². The number of amides is 1. The summed E-state index contributed by atoms with van der Waals surface area (Å²) in [5, 5.41) is 10.7. The van der Waals surface area contributed by atoms with E-state index in [1.165, 1.54) is 6.92 Å². The van der Waals surface area contributed by atoms with Gasteiger partial charge in [-0.25, -0.2) is 14.6 Å². The summed E-state index contributed by atoms with van der Waals surface area (Å²) >= 11 is 0. The smallest absolute Gasteiger partial charge is 0.290 e. The molecule has 1 aromatic carbocycles. The standard InChI is InChI=1S/C29H33N7O4/c1-17(37)31-26-12-21(9-10-30-26)40-20-7-8-22-25(11-20)35(4)28(32-22)33-24-13-23(19-5-6-19)34-36(27(24)38)15-18-14-29(2,3)39-16-18/h7-13,18-19H,5-6,14-16H2,1-4H3,(H,32,33)(H,30,31,37)/t18-/m1/s1. The normalized spacial score (nSPS) is 18.1. The Morgan fingerprint density at radius 1 is 1.18 bits per heavy atom. The summed E-state index contributed by atoms with van der Waals surface area (Å²) in [6.45, 7) is 6.74. The molecule has 1 saturated heterocycles. The molecule has 0 bridgehead atoms. The van der Waals surface area contributed by atoms with Gasteiger partial charge in [0.2, 0.25) is 11.9 Å². The highest BCUT2D eigenvalue weighted by molar-refractivity contribution is 5.87. The van der Waals surface area contributed by atoms with Gasteiger partial charge in [0.15, 0.2) is 0 Å². The van der Waals surface area contributed by atoms with E-state index in [4.69, 9.17) is 19.6 Å². The molecule has 0 spiro atoms. The first-order chi connectivity index (χ1) is 19.1. The van der Waals surface area contributed by atoms with Gasteiger partial charge in [-0.1, -0.05) is 0 Å². The monoisotopic (exact) mass is 543 g/mol. The van der Waals surface area contributed by atoms with Crippen molar-refractivity contribution in [3.63, 3.8) is 0 Å². The molecule has 4 aromatic rings. The summed E-state index contributed by atoms with van der Waals surface area (Å²) < 4.78 is 15.4. The van der Waals surface area contributed by atoms with Crippen molar-refractivity contribution in [3.8, 4) is 11.5 Å². The van der Waals surface area contributed by atoms with Gasteiger partial charge in [-0.15, -0.1) is 0 Å². The van der Waals surface area contributed by atoms with E-state index in [0.29, 0.717) is 48.0 Å². The fraction of sp³-hybridized carbons (Fsp3) is 0.414. The van der Waals surface area contributed by atoms with Crippen LogP contribution in [0.25, 0.3) is 11.0 Å². The third-order valence-corrected chi connectivity index (χ3v) is 7.28. The Kier molecular flexibility index (Phi) is 6.53. The van der Waals surface area contributed by atoms with Gasteiger partial charge >= 0.3 is 0 Å². The number of rotatable bonds is 8. The van der Waals surface area contributed by atoms with Crippen molar-refractivity contribution in [2.45, 2.75) is 58.1 Å². The Bertz CT molecular complexity index is 1650. The molecule has 0 unspecified atom stereocenters. The Labute approximate surface area is 231 Å². The SMILES string of the molecule is CC(=O)Nc1cc(Oc2ccc3nc(Nc4cc(C5CC5)nn(C[C@@H]5COC(C)(C)C5)c4=O)n(C)c3c2)ccn1. The molecule has 40 heavy (non-hydrogen) atoms. The Hall–Kier alpha value is -4.25. The number of nitrogens with zero attached hydrogens (tertiary/aromatic N) is 5. The first kappa shape index (κ1) is 26.0. The number of fused-ring (bicyclic) bond motifs is 1. The van der Waals surface area contributed by atoms with Crippen molar-refractivity contribution in [1.29, 1.82) is 0 Å². The number of hydrogen-bond acceptors (Lipinski definition) is 8. The maximum Gasteiger partial charge on any atom is 0.290 e. The van der Waals surface area contributed by atoms with Crippen molar-refractivity contribution in [2.75, 3.05) is 17.2 Å². The van der Waals surface area contributed by atoms with Crippen LogP contribution in [0.2, 0.25) is 0 Å². The maximum atomic E-state index is 13.5. The van der Waals surface area contributed by atoms with Crippen molar-refractivity contribution < 1.29 is 14.3 Å². The molecule has 2 N–H and O–H groups in total. The van der Waals surface area contributed by atoms with Crippen LogP contribution in [0.1, 0.15) is 51.6 Å². The second-order valence-electron chi connectivity index (χ2n) is 11.3. The number of aromatic nitrogens is 5. The molecule has 3 aromatic heterocycles. The molecule has 208 valence electrons. The summed E-state index contributed by atoms with van der Waals surface area (Å²) in [4.78, 5) is 33.7. The van der Waals surface area contributed by atoms with Crippen LogP contribution in [-0.4, -0.2) is 42.4 Å². The van der Waals surface area contributed by atoms with Gasteiger partial charge in [0.25, 0.3) is 5.56 Å². The van der Waals surface area contributed by atoms with Crippen molar-refractivity contribution in [2.24, 2.45) is 13.0 Å². The van der Waals surface area contributed by atoms with E-state index in [1.807, 2.05) is 35.9 Å². The number of carbonyl (C=O) groups excluding carboxylic acids is 1. The van der Waals surface area contributed by atoms with E-state index in [1.54, 1.807) is 23.0 Å². The fourth-order valence-electron chi connectivity index (χ4n) is 5.20. The lowest BCUT2D eigenvalue weighted by Gasteiger charge is -2.16. The van der Waals surface area contributed by atoms with Gasteiger partial charge in [-0.05, 0) is 57.4 Å². The average Bonchev–Trinajstić information content (AvgIpc) is 3.63. The molecule has 1 amide bonds. The van der Waals surface area contributed by atoms with Crippen molar-refractivity contribution >= 4 is 34.4 Å². The molecule has 1 aliphatic carbocycles. The lowest BCUT2D eigenvalue weighted by Crippen LogP contribution is -2.30. The molecular formula is C29H33N7O4. The largest absolute Gasteiger partial charge is 0.457 e. The van der Waals surface area contributed by atoms with Crippen LogP contribution in [0.5, 0.6) is 11.5 Å². The third-order valence-electron chi connectivity index (χ3n) is 7.28. The predicted molar refractivity (Wildman–Crippen MR) is 151 cm³/mol. The molecule has 1 aliphatic heterocycles. The first-order valence-corrected chi connectivity index (χ1v) is 13.5. The van der Waals surface area contributed by atoms with Gasteiger partial charge < -0.3 is 24.7 Å². The Balaban J connectivity index is 1.26. The molecule has 0 radical (unpaired) electrons. The average molecular weight is 544 g/mol. The molecule has 2 fully saturated rings. The minimum atomic E-state index is -0.206. The highest BCUT2D eigenvalue weighted by Crippen LogP contribution is 2.39. The van der Waals surface area contributed by atoms with Crippen LogP contribution in [0.3, 0.4) is 0 Å². The van der Waals surface area contributed by atoms with E-state index >= 15 is 0 Å². The van der Waals surface area contributed by atoms with Gasteiger partial charge in [0.1, 0.15) is 23.0 Å². The number of anilines is 3. The highest BCUT2D eigenvalue weighted by Gasteiger charge is 2.33. The maximum absolute atomic E-state index is 13.5. The zero-order valence-electron chi connectivity index (χ0n) is 23.1. The molecule has 6 rings (SSSR count). The van der Waals surface area contributed by atoms with Crippen molar-refractivity contribution in [1.82, 2.24) is 24.3 Å². The summed E-state index contributed by atoms with van der Waals surface area (Å²) in [7, 11) is 1.89. The minimum absolute atomic E-state index is 0.169. The van der Waals surface area contributed by atoms with E-state index in [2.05, 4.69) is 29.5 Å². The second kappa shape index (κ2) is 10.1.